The van der Waals surface area contributed by atoms with E-state index in [4.69, 9.17) is 0 Å². The van der Waals surface area contributed by atoms with Crippen molar-refractivity contribution < 1.29 is 27.2 Å². The highest BCUT2D eigenvalue weighted by molar-refractivity contribution is 6.11. The van der Waals surface area contributed by atoms with Crippen LogP contribution < -0.4 is 5.32 Å². The topological polar surface area (TPSA) is 67.2 Å². The second-order valence-electron chi connectivity index (χ2n) is 9.93. The summed E-state index contributed by atoms with van der Waals surface area (Å²) in [5, 5.41) is 3.96. The van der Waals surface area contributed by atoms with Crippen molar-refractivity contribution in [2.24, 2.45) is 5.92 Å². The van der Waals surface area contributed by atoms with E-state index in [2.05, 4.69) is 10.3 Å². The number of ketones is 1. The van der Waals surface area contributed by atoms with Crippen LogP contribution in [0.4, 0.5) is 17.6 Å². The number of nitrogens with zero attached hydrogens (tertiary/aromatic N) is 3. The van der Waals surface area contributed by atoms with Crippen LogP contribution >= 0.6 is 0 Å². The number of amides is 1. The molecule has 0 spiro atoms. The number of aromatic nitrogens is 2. The van der Waals surface area contributed by atoms with Crippen molar-refractivity contribution in [3.05, 3.63) is 59.3 Å². The fourth-order valence-electron chi connectivity index (χ4n) is 5.17. The molecule has 1 aromatic carbocycles. The summed E-state index contributed by atoms with van der Waals surface area (Å²) < 4.78 is 55.9. The summed E-state index contributed by atoms with van der Waals surface area (Å²) in [6.45, 7) is 5.95. The van der Waals surface area contributed by atoms with Crippen LogP contribution in [0, 0.1) is 18.7 Å². The number of halogens is 4. The summed E-state index contributed by atoms with van der Waals surface area (Å²) >= 11 is 0. The van der Waals surface area contributed by atoms with Gasteiger partial charge in [0.1, 0.15) is 12.4 Å². The Morgan fingerprint density at radius 3 is 2.62 bits per heavy atom. The van der Waals surface area contributed by atoms with Crippen molar-refractivity contribution in [1.29, 1.82) is 0 Å². The average Bonchev–Trinajstić information content (AvgIpc) is 3.12. The van der Waals surface area contributed by atoms with E-state index in [1.54, 1.807) is 23.8 Å². The predicted octanol–water partition coefficient (Wildman–Crippen LogP) is 5.46. The molecule has 0 unspecified atom stereocenters. The van der Waals surface area contributed by atoms with Crippen LogP contribution in [0.1, 0.15) is 60.0 Å². The third-order valence-electron chi connectivity index (χ3n) is 6.91. The zero-order valence-electron chi connectivity index (χ0n) is 21.2. The molecule has 0 radical (unpaired) electrons. The summed E-state index contributed by atoms with van der Waals surface area (Å²) in [5.41, 5.74) is 1.48. The predicted molar refractivity (Wildman–Crippen MR) is 133 cm³/mol. The Morgan fingerprint density at radius 1 is 1.24 bits per heavy atom. The molecule has 1 N–H and O–H groups in total. The van der Waals surface area contributed by atoms with Gasteiger partial charge in [-0.3, -0.25) is 14.6 Å². The SMILES string of the molecule is Cc1c(C(=O)[C@@H]2CCN[C@@H](C)C2)c2ccncc2n1-c1ccc(F)cc1C(=O)N(CC(F)(F)F)C(C)C. The first-order chi connectivity index (χ1) is 17.4. The molecule has 0 bridgehead atoms. The van der Waals surface area contributed by atoms with Gasteiger partial charge in [-0.2, -0.15) is 13.2 Å². The van der Waals surface area contributed by atoms with Crippen LogP contribution in [0.3, 0.4) is 0 Å². The number of rotatable bonds is 6. The number of carbonyl (C=O) groups is 2. The van der Waals surface area contributed by atoms with Gasteiger partial charge in [-0.1, -0.05) is 0 Å². The highest BCUT2D eigenvalue weighted by Crippen LogP contribution is 2.34. The summed E-state index contributed by atoms with van der Waals surface area (Å²) in [5.74, 6) is -1.93. The first-order valence-corrected chi connectivity index (χ1v) is 12.3. The van der Waals surface area contributed by atoms with Crippen LogP contribution in [-0.2, 0) is 0 Å². The third-order valence-corrected chi connectivity index (χ3v) is 6.91. The molecule has 4 rings (SSSR count). The largest absolute Gasteiger partial charge is 0.406 e. The molecule has 3 heterocycles. The van der Waals surface area contributed by atoms with Gasteiger partial charge < -0.3 is 14.8 Å². The molecule has 3 aromatic rings. The Hall–Kier alpha value is -3.27. The normalized spacial score (nSPS) is 18.4. The van der Waals surface area contributed by atoms with E-state index in [-0.39, 0.29) is 29.0 Å². The molecule has 198 valence electrons. The maximum Gasteiger partial charge on any atom is 0.406 e. The van der Waals surface area contributed by atoms with Crippen molar-refractivity contribution in [2.45, 2.75) is 58.8 Å². The maximum atomic E-state index is 14.4. The minimum atomic E-state index is -4.63. The van der Waals surface area contributed by atoms with Crippen molar-refractivity contribution in [1.82, 2.24) is 19.8 Å². The van der Waals surface area contributed by atoms with E-state index in [1.165, 1.54) is 26.1 Å². The molecule has 10 heteroatoms. The van der Waals surface area contributed by atoms with Gasteiger partial charge in [-0.15, -0.1) is 0 Å². The Kier molecular flexibility index (Phi) is 7.41. The van der Waals surface area contributed by atoms with Gasteiger partial charge in [0.05, 0.1) is 23.0 Å². The molecular weight excluding hydrogens is 488 g/mol. The summed E-state index contributed by atoms with van der Waals surface area (Å²) in [6.07, 6.45) is -0.163. The standard InChI is InChI=1S/C27H30F4N4O2/c1-15(2)34(14-27(29,30)31)26(37)21-12-19(28)5-6-22(21)35-17(4)24(20-8-9-32-13-23(20)35)25(36)18-7-10-33-16(3)11-18/h5-6,8-9,12-13,15-16,18,33H,7,10-11,14H2,1-4H3/t16-,18+/m0/s1. The Morgan fingerprint density at radius 2 is 1.97 bits per heavy atom. The molecule has 0 saturated carbocycles. The van der Waals surface area contributed by atoms with Crippen LogP contribution in [0.2, 0.25) is 0 Å². The van der Waals surface area contributed by atoms with Crippen molar-refractivity contribution in [2.75, 3.05) is 13.1 Å². The number of hydrogen-bond acceptors (Lipinski definition) is 4. The number of alkyl halides is 3. The number of carbonyl (C=O) groups excluding carboxylic acids is 2. The maximum absolute atomic E-state index is 14.4. The minimum Gasteiger partial charge on any atom is -0.327 e. The number of benzene rings is 1. The Labute approximate surface area is 212 Å². The smallest absolute Gasteiger partial charge is 0.327 e. The number of nitrogens with one attached hydrogen (secondary N) is 1. The van der Waals surface area contributed by atoms with Gasteiger partial charge in [0.25, 0.3) is 5.91 Å². The number of Topliss-reactive ketones (excluding diaryl/α,β-unsaturated/α-hetero) is 1. The Balaban J connectivity index is 1.89. The van der Waals surface area contributed by atoms with E-state index in [0.29, 0.717) is 39.9 Å². The Bertz CT molecular complexity index is 1330. The van der Waals surface area contributed by atoms with E-state index in [9.17, 15) is 27.2 Å². The number of piperidine rings is 1. The molecule has 1 saturated heterocycles. The van der Waals surface area contributed by atoms with Gasteiger partial charge in [0.15, 0.2) is 5.78 Å². The molecule has 2 atom stereocenters. The van der Waals surface area contributed by atoms with Crippen LogP contribution in [-0.4, -0.2) is 57.5 Å². The highest BCUT2D eigenvalue weighted by Gasteiger charge is 2.36. The van der Waals surface area contributed by atoms with Gasteiger partial charge in [-0.05, 0) is 71.3 Å². The van der Waals surface area contributed by atoms with Crippen LogP contribution in [0.25, 0.3) is 16.6 Å². The lowest BCUT2D eigenvalue weighted by molar-refractivity contribution is -0.143. The fourth-order valence-corrected chi connectivity index (χ4v) is 5.17. The molecule has 0 aliphatic carbocycles. The lowest BCUT2D eigenvalue weighted by atomic mass is 9.86. The average molecular weight is 519 g/mol. The molecule has 37 heavy (non-hydrogen) atoms. The second-order valence-corrected chi connectivity index (χ2v) is 9.93. The number of pyridine rings is 1. The van der Waals surface area contributed by atoms with Gasteiger partial charge >= 0.3 is 6.18 Å². The second kappa shape index (κ2) is 10.2. The lowest BCUT2D eigenvalue weighted by Gasteiger charge is -2.29. The first-order valence-electron chi connectivity index (χ1n) is 12.3. The zero-order chi connectivity index (χ0) is 27.1. The third kappa shape index (κ3) is 5.39. The van der Waals surface area contributed by atoms with Crippen molar-refractivity contribution in [3.8, 4) is 5.69 Å². The molecule has 1 fully saturated rings. The van der Waals surface area contributed by atoms with Gasteiger partial charge in [0.2, 0.25) is 0 Å². The highest BCUT2D eigenvalue weighted by atomic mass is 19.4. The molecule has 1 aliphatic heterocycles. The summed E-state index contributed by atoms with van der Waals surface area (Å²) in [6, 6.07) is 4.57. The summed E-state index contributed by atoms with van der Waals surface area (Å²) in [4.78, 5) is 32.0. The number of hydrogen-bond donors (Lipinski definition) is 1. The molecule has 6 nitrogen and oxygen atoms in total. The first kappa shape index (κ1) is 26.8. The quantitative estimate of drug-likeness (QED) is 0.348. The van der Waals surface area contributed by atoms with Crippen LogP contribution in [0.15, 0.2) is 36.7 Å². The zero-order valence-corrected chi connectivity index (χ0v) is 21.2. The lowest BCUT2D eigenvalue weighted by Crippen LogP contribution is -2.43. The van der Waals surface area contributed by atoms with E-state index >= 15 is 0 Å². The van der Waals surface area contributed by atoms with E-state index in [1.807, 2.05) is 6.92 Å². The van der Waals surface area contributed by atoms with Crippen molar-refractivity contribution in [3.63, 3.8) is 0 Å². The van der Waals surface area contributed by atoms with E-state index in [0.717, 1.165) is 18.7 Å². The molecule has 1 amide bonds. The number of fused-ring (bicyclic) bond motifs is 1. The molecule has 1 aliphatic rings. The van der Waals surface area contributed by atoms with Gasteiger partial charge in [0, 0.05) is 40.8 Å². The van der Waals surface area contributed by atoms with Crippen LogP contribution in [0.5, 0.6) is 0 Å². The van der Waals surface area contributed by atoms with E-state index < -0.39 is 30.5 Å². The molecule has 2 aromatic heterocycles. The molecular formula is C27H30F4N4O2. The van der Waals surface area contributed by atoms with Gasteiger partial charge in [-0.25, -0.2) is 4.39 Å². The summed E-state index contributed by atoms with van der Waals surface area (Å²) in [7, 11) is 0. The minimum absolute atomic E-state index is 0.0309. The monoisotopic (exact) mass is 518 g/mol. The van der Waals surface area contributed by atoms with Crippen molar-refractivity contribution >= 4 is 22.6 Å². The fraction of sp³-hybridized carbons (Fsp3) is 0.444.